The monoisotopic (exact) mass is 238 g/mol. The molecule has 100 valence electrons. The maximum absolute atomic E-state index is 3.69. The molecule has 0 aromatic rings. The van der Waals surface area contributed by atoms with Crippen LogP contribution in [0, 0.1) is 5.92 Å². The van der Waals surface area contributed by atoms with Gasteiger partial charge < -0.3 is 5.32 Å². The fourth-order valence-corrected chi connectivity index (χ4v) is 4.08. The van der Waals surface area contributed by atoms with Gasteiger partial charge in [0.15, 0.2) is 0 Å². The minimum Gasteiger partial charge on any atom is -0.313 e. The lowest BCUT2D eigenvalue weighted by Gasteiger charge is -2.41. The van der Waals surface area contributed by atoms with Crippen molar-refractivity contribution in [1.82, 2.24) is 10.2 Å². The van der Waals surface area contributed by atoms with E-state index in [4.69, 9.17) is 0 Å². The van der Waals surface area contributed by atoms with Gasteiger partial charge >= 0.3 is 0 Å². The van der Waals surface area contributed by atoms with Crippen LogP contribution in [-0.2, 0) is 0 Å². The molecular weight excluding hydrogens is 208 g/mol. The van der Waals surface area contributed by atoms with Crippen LogP contribution >= 0.6 is 0 Å². The lowest BCUT2D eigenvalue weighted by Crippen LogP contribution is -2.51. The van der Waals surface area contributed by atoms with Crippen molar-refractivity contribution in [2.75, 3.05) is 13.6 Å². The lowest BCUT2D eigenvalue weighted by molar-refractivity contribution is 0.0862. The molecule has 0 amide bonds. The molecule has 0 bridgehead atoms. The molecule has 4 unspecified atom stereocenters. The molecule has 0 heterocycles. The van der Waals surface area contributed by atoms with E-state index in [1.807, 2.05) is 0 Å². The van der Waals surface area contributed by atoms with Gasteiger partial charge in [-0.3, -0.25) is 4.90 Å². The molecule has 1 N–H and O–H groups in total. The summed E-state index contributed by atoms with van der Waals surface area (Å²) in [6.07, 6.45) is 9.94. The van der Waals surface area contributed by atoms with Gasteiger partial charge in [-0.25, -0.2) is 0 Å². The van der Waals surface area contributed by atoms with E-state index in [-0.39, 0.29) is 0 Å². The topological polar surface area (TPSA) is 15.3 Å². The first-order chi connectivity index (χ1) is 8.24. The molecule has 2 aliphatic carbocycles. The van der Waals surface area contributed by atoms with Crippen molar-refractivity contribution in [2.45, 2.75) is 76.9 Å². The van der Waals surface area contributed by atoms with Gasteiger partial charge in [0.05, 0.1) is 0 Å². The highest BCUT2D eigenvalue weighted by Gasteiger charge is 2.35. The van der Waals surface area contributed by atoms with Gasteiger partial charge in [-0.2, -0.15) is 0 Å². The highest BCUT2D eigenvalue weighted by Crippen LogP contribution is 2.32. The fraction of sp³-hybridized carbons (Fsp3) is 1.00. The molecule has 0 aromatic heterocycles. The number of nitrogens with zero attached hydrogens (tertiary/aromatic N) is 1. The average Bonchev–Trinajstić information content (AvgIpc) is 2.78. The predicted octanol–water partition coefficient (Wildman–Crippen LogP) is 3.03. The van der Waals surface area contributed by atoms with Crippen LogP contribution in [0.5, 0.6) is 0 Å². The molecule has 0 aromatic carbocycles. The van der Waals surface area contributed by atoms with Crippen LogP contribution in [0.25, 0.3) is 0 Å². The molecule has 2 nitrogen and oxygen atoms in total. The van der Waals surface area contributed by atoms with E-state index in [1.54, 1.807) is 0 Å². The third kappa shape index (κ3) is 3.03. The third-order valence-corrected chi connectivity index (χ3v) is 5.06. The summed E-state index contributed by atoms with van der Waals surface area (Å²) in [5.74, 6) is 0.900. The zero-order chi connectivity index (χ0) is 12.3. The van der Waals surface area contributed by atoms with Gasteiger partial charge in [-0.1, -0.05) is 33.1 Å². The van der Waals surface area contributed by atoms with Gasteiger partial charge in [-0.05, 0) is 45.2 Å². The highest BCUT2D eigenvalue weighted by molar-refractivity contribution is 4.93. The Labute approximate surface area is 107 Å². The molecule has 0 aliphatic heterocycles. The summed E-state index contributed by atoms with van der Waals surface area (Å²) in [4.78, 5) is 2.73. The Morgan fingerprint density at radius 1 is 1.00 bits per heavy atom. The van der Waals surface area contributed by atoms with Crippen molar-refractivity contribution in [2.24, 2.45) is 5.92 Å². The minimum absolute atomic E-state index is 0.749. The van der Waals surface area contributed by atoms with Crippen LogP contribution in [0.15, 0.2) is 0 Å². The maximum atomic E-state index is 3.69. The summed E-state index contributed by atoms with van der Waals surface area (Å²) in [6, 6.07) is 2.38. The molecule has 2 saturated carbocycles. The SMILES string of the molecule is CCNC1CCCC1N(C)C1CCCCC1C. The van der Waals surface area contributed by atoms with Crippen molar-refractivity contribution < 1.29 is 0 Å². The Morgan fingerprint density at radius 2 is 1.71 bits per heavy atom. The Bertz CT molecular complexity index is 229. The maximum Gasteiger partial charge on any atom is 0.0249 e. The second kappa shape index (κ2) is 6.19. The largest absolute Gasteiger partial charge is 0.313 e. The number of rotatable bonds is 4. The summed E-state index contributed by atoms with van der Waals surface area (Å²) < 4.78 is 0. The molecule has 17 heavy (non-hydrogen) atoms. The predicted molar refractivity (Wildman–Crippen MR) is 74.3 cm³/mol. The first-order valence-electron chi connectivity index (χ1n) is 7.69. The second-order valence-corrected chi connectivity index (χ2v) is 6.16. The first kappa shape index (κ1) is 13.4. The minimum atomic E-state index is 0.749. The summed E-state index contributed by atoms with van der Waals surface area (Å²) >= 11 is 0. The van der Waals surface area contributed by atoms with Crippen LogP contribution in [-0.4, -0.2) is 36.6 Å². The lowest BCUT2D eigenvalue weighted by atomic mass is 9.84. The fourth-order valence-electron chi connectivity index (χ4n) is 4.08. The Kier molecular flexibility index (Phi) is 4.87. The quantitative estimate of drug-likeness (QED) is 0.810. The summed E-state index contributed by atoms with van der Waals surface area (Å²) in [7, 11) is 2.38. The first-order valence-corrected chi connectivity index (χ1v) is 7.69. The van der Waals surface area contributed by atoms with Crippen LogP contribution in [0.4, 0.5) is 0 Å². The molecule has 2 fully saturated rings. The van der Waals surface area contributed by atoms with E-state index >= 15 is 0 Å². The smallest absolute Gasteiger partial charge is 0.0249 e. The molecule has 0 spiro atoms. The van der Waals surface area contributed by atoms with E-state index in [1.165, 1.54) is 44.9 Å². The van der Waals surface area contributed by atoms with Crippen LogP contribution < -0.4 is 5.32 Å². The van der Waals surface area contributed by atoms with Gasteiger partial charge in [0.25, 0.3) is 0 Å². The zero-order valence-electron chi connectivity index (χ0n) is 11.9. The van der Waals surface area contributed by atoms with E-state index < -0.39 is 0 Å². The van der Waals surface area contributed by atoms with Gasteiger partial charge in [0.1, 0.15) is 0 Å². The van der Waals surface area contributed by atoms with E-state index in [9.17, 15) is 0 Å². The van der Waals surface area contributed by atoms with Crippen LogP contribution in [0.3, 0.4) is 0 Å². The number of hydrogen-bond acceptors (Lipinski definition) is 2. The number of hydrogen-bond donors (Lipinski definition) is 1. The Hall–Kier alpha value is -0.0800. The molecule has 0 saturated heterocycles. The summed E-state index contributed by atoms with van der Waals surface area (Å²) in [6.45, 7) is 5.81. The summed E-state index contributed by atoms with van der Waals surface area (Å²) in [5, 5.41) is 3.69. The van der Waals surface area contributed by atoms with Crippen molar-refractivity contribution >= 4 is 0 Å². The molecule has 2 aliphatic rings. The molecule has 2 rings (SSSR count). The molecule has 4 atom stereocenters. The number of nitrogens with one attached hydrogen (secondary N) is 1. The van der Waals surface area contributed by atoms with Crippen molar-refractivity contribution in [1.29, 1.82) is 0 Å². The van der Waals surface area contributed by atoms with Crippen LogP contribution in [0.1, 0.15) is 58.8 Å². The Balaban J connectivity index is 1.95. The Morgan fingerprint density at radius 3 is 2.41 bits per heavy atom. The molecule has 0 radical (unpaired) electrons. The van der Waals surface area contributed by atoms with Crippen molar-refractivity contribution in [3.8, 4) is 0 Å². The van der Waals surface area contributed by atoms with Gasteiger partial charge in [0, 0.05) is 18.1 Å². The highest BCUT2D eigenvalue weighted by atomic mass is 15.2. The van der Waals surface area contributed by atoms with Crippen molar-refractivity contribution in [3.05, 3.63) is 0 Å². The van der Waals surface area contributed by atoms with Crippen molar-refractivity contribution in [3.63, 3.8) is 0 Å². The third-order valence-electron chi connectivity index (χ3n) is 5.06. The zero-order valence-corrected chi connectivity index (χ0v) is 11.9. The summed E-state index contributed by atoms with van der Waals surface area (Å²) in [5.41, 5.74) is 0. The normalized spacial score (nSPS) is 38.8. The second-order valence-electron chi connectivity index (χ2n) is 6.16. The van der Waals surface area contributed by atoms with E-state index in [0.717, 1.165) is 30.6 Å². The van der Waals surface area contributed by atoms with E-state index in [2.05, 4.69) is 31.1 Å². The molecular formula is C15H30N2. The van der Waals surface area contributed by atoms with Gasteiger partial charge in [-0.15, -0.1) is 0 Å². The van der Waals surface area contributed by atoms with Crippen LogP contribution in [0.2, 0.25) is 0 Å². The molecule has 2 heteroatoms. The average molecular weight is 238 g/mol. The number of likely N-dealkylation sites (N-methyl/N-ethyl adjacent to an activating group) is 2. The van der Waals surface area contributed by atoms with Gasteiger partial charge in [0.2, 0.25) is 0 Å². The van der Waals surface area contributed by atoms with E-state index in [0.29, 0.717) is 0 Å². The standard InChI is InChI=1S/C15H30N2/c1-4-16-13-9-7-11-15(13)17(3)14-10-6-5-8-12(14)2/h12-16H,4-11H2,1-3H3.